The minimum absolute atomic E-state index is 0.0792. The lowest BCUT2D eigenvalue weighted by molar-refractivity contribution is -0.274. The average molecular weight is 659 g/mol. The number of fused-ring (bicyclic) bond motifs is 2. The van der Waals surface area contributed by atoms with Crippen molar-refractivity contribution < 1.29 is 41.7 Å². The second-order valence-electron chi connectivity index (χ2n) is 11.8. The van der Waals surface area contributed by atoms with E-state index in [1.807, 2.05) is 0 Å². The van der Waals surface area contributed by atoms with E-state index in [1.165, 1.54) is 30.5 Å². The smallest absolute Gasteiger partial charge is 0.489 e. The number of nitrogens with zero attached hydrogens (tertiary/aromatic N) is 2. The van der Waals surface area contributed by atoms with E-state index in [4.69, 9.17) is 22.1 Å². The maximum Gasteiger partial charge on any atom is 0.573 e. The molecule has 9 nitrogen and oxygen atoms in total. The summed E-state index contributed by atoms with van der Waals surface area (Å²) in [5.74, 6) is -2.94. The minimum atomic E-state index is -5.03. The molecule has 4 aromatic rings. The lowest BCUT2D eigenvalue weighted by Gasteiger charge is -2.30. The Bertz CT molecular complexity index is 1920. The monoisotopic (exact) mass is 658 g/mol. The number of pyridine rings is 2. The molecule has 0 radical (unpaired) electrons. The van der Waals surface area contributed by atoms with Crippen LogP contribution in [0.5, 0.6) is 11.5 Å². The van der Waals surface area contributed by atoms with Gasteiger partial charge in [0.2, 0.25) is 5.91 Å². The molecule has 1 aliphatic heterocycles. The molecule has 1 unspecified atom stereocenters. The van der Waals surface area contributed by atoms with Crippen molar-refractivity contribution in [2.24, 2.45) is 11.7 Å². The summed E-state index contributed by atoms with van der Waals surface area (Å²) in [5.41, 5.74) is 4.04. The van der Waals surface area contributed by atoms with Crippen LogP contribution in [0.15, 0.2) is 48.7 Å². The van der Waals surface area contributed by atoms with Gasteiger partial charge in [0.05, 0.1) is 17.3 Å². The van der Waals surface area contributed by atoms with Crippen molar-refractivity contribution in [3.05, 3.63) is 81.9 Å². The van der Waals surface area contributed by atoms with E-state index in [0.717, 1.165) is 12.1 Å². The molecule has 1 saturated carbocycles. The van der Waals surface area contributed by atoms with E-state index >= 15 is 0 Å². The molecule has 2 aliphatic rings. The van der Waals surface area contributed by atoms with E-state index in [1.54, 1.807) is 19.9 Å². The van der Waals surface area contributed by atoms with Crippen molar-refractivity contribution in [3.63, 3.8) is 0 Å². The number of aliphatic hydroxyl groups is 1. The van der Waals surface area contributed by atoms with Gasteiger partial charge in [-0.15, -0.1) is 13.2 Å². The SMILES string of the molecule is Cc1cnc2c(OC(F)(F)F)cc(C(=O)NCC(O)(c3cc4c(c(-c5ccc(F)c(Cl)c5)n3)OC[C@]4(C)C(N)=O)C3CC3)cc2c1. The molecule has 4 N–H and O–H groups in total. The second-order valence-corrected chi connectivity index (χ2v) is 12.2. The number of nitrogens with one attached hydrogen (secondary N) is 1. The highest BCUT2D eigenvalue weighted by atomic mass is 35.5. The van der Waals surface area contributed by atoms with Gasteiger partial charge in [0.15, 0.2) is 5.75 Å². The van der Waals surface area contributed by atoms with Gasteiger partial charge in [-0.05, 0) is 80.6 Å². The first-order valence-corrected chi connectivity index (χ1v) is 14.6. The lowest BCUT2D eigenvalue weighted by Crippen LogP contribution is -2.44. The van der Waals surface area contributed by atoms with Crippen LogP contribution >= 0.6 is 11.6 Å². The normalized spacial score (nSPS) is 18.9. The Hall–Kier alpha value is -4.49. The van der Waals surface area contributed by atoms with E-state index < -0.39 is 40.8 Å². The van der Waals surface area contributed by atoms with Crippen LogP contribution in [0.4, 0.5) is 17.6 Å². The molecule has 14 heteroatoms. The molecule has 0 spiro atoms. The third-order valence-electron chi connectivity index (χ3n) is 8.40. The maximum absolute atomic E-state index is 14.0. The largest absolute Gasteiger partial charge is 0.573 e. The van der Waals surface area contributed by atoms with Crippen LogP contribution in [0.3, 0.4) is 0 Å². The number of aromatic nitrogens is 2. The molecule has 3 heterocycles. The van der Waals surface area contributed by atoms with E-state index in [-0.39, 0.29) is 57.7 Å². The third kappa shape index (κ3) is 5.69. The predicted molar refractivity (Wildman–Crippen MR) is 159 cm³/mol. The van der Waals surface area contributed by atoms with E-state index in [0.29, 0.717) is 29.5 Å². The molecule has 2 amide bonds. The van der Waals surface area contributed by atoms with Gasteiger partial charge in [0.25, 0.3) is 5.91 Å². The molecule has 1 aliphatic carbocycles. The number of ether oxygens (including phenoxy) is 2. The van der Waals surface area contributed by atoms with Crippen molar-refractivity contribution in [3.8, 4) is 22.8 Å². The number of benzene rings is 2. The minimum Gasteiger partial charge on any atom is -0.489 e. The first-order valence-electron chi connectivity index (χ1n) is 14.2. The number of rotatable bonds is 8. The zero-order valence-electron chi connectivity index (χ0n) is 24.5. The number of alkyl halides is 3. The fourth-order valence-corrected chi connectivity index (χ4v) is 5.81. The summed E-state index contributed by atoms with van der Waals surface area (Å²) in [4.78, 5) is 34.7. The second kappa shape index (κ2) is 11.1. The molecule has 240 valence electrons. The molecule has 0 bridgehead atoms. The van der Waals surface area contributed by atoms with Crippen LogP contribution in [0.1, 0.15) is 46.9 Å². The Labute approximate surface area is 264 Å². The van der Waals surface area contributed by atoms with Gasteiger partial charge in [-0.2, -0.15) is 0 Å². The summed E-state index contributed by atoms with van der Waals surface area (Å²) >= 11 is 6.06. The van der Waals surface area contributed by atoms with Crippen molar-refractivity contribution in [2.75, 3.05) is 13.2 Å². The van der Waals surface area contributed by atoms with Gasteiger partial charge in [-0.3, -0.25) is 14.6 Å². The quantitative estimate of drug-likeness (QED) is 0.214. The van der Waals surface area contributed by atoms with Gasteiger partial charge < -0.3 is 25.6 Å². The summed E-state index contributed by atoms with van der Waals surface area (Å²) in [7, 11) is 0. The summed E-state index contributed by atoms with van der Waals surface area (Å²) in [6.45, 7) is 2.79. The fraction of sp³-hybridized carbons (Fsp3) is 0.312. The van der Waals surface area contributed by atoms with E-state index in [9.17, 15) is 32.3 Å². The highest BCUT2D eigenvalue weighted by molar-refractivity contribution is 6.31. The van der Waals surface area contributed by atoms with Crippen LogP contribution in [0.2, 0.25) is 5.02 Å². The van der Waals surface area contributed by atoms with Crippen LogP contribution in [0, 0.1) is 18.7 Å². The van der Waals surface area contributed by atoms with Gasteiger partial charge in [-0.25, -0.2) is 9.37 Å². The molecule has 1 fully saturated rings. The lowest BCUT2D eigenvalue weighted by atomic mass is 9.81. The number of hydrogen-bond acceptors (Lipinski definition) is 7. The zero-order valence-corrected chi connectivity index (χ0v) is 25.2. The molecule has 2 atom stereocenters. The molecule has 46 heavy (non-hydrogen) atoms. The number of carbonyl (C=O) groups excluding carboxylic acids is 2. The van der Waals surface area contributed by atoms with Gasteiger partial charge in [-0.1, -0.05) is 11.6 Å². The van der Waals surface area contributed by atoms with Gasteiger partial charge >= 0.3 is 6.36 Å². The summed E-state index contributed by atoms with van der Waals surface area (Å²) in [6.07, 6.45) is -2.49. The van der Waals surface area contributed by atoms with Gasteiger partial charge in [0.1, 0.15) is 40.4 Å². The summed E-state index contributed by atoms with van der Waals surface area (Å²) < 4.78 is 63.7. The number of amides is 2. The zero-order chi connectivity index (χ0) is 33.2. The number of carbonyl (C=O) groups is 2. The standard InChI is InChI=1S/C32H27ClF4N4O5/c1-15-7-17-8-18(10-23(25(17)39-12-15)46-32(35,36)37)28(42)40-13-31(44,19-4-5-19)24-11-20-27(45-14-30(20,2)29(38)43)26(41-24)16-3-6-22(34)21(33)9-16/h3,6-12,19,44H,4-5,13-14H2,1-2H3,(H2,38,43)(H,40,42)/t30-,31?/m0/s1. The number of aryl methyl sites for hydroxylation is 1. The third-order valence-corrected chi connectivity index (χ3v) is 8.69. The maximum atomic E-state index is 14.0. The highest BCUT2D eigenvalue weighted by Gasteiger charge is 2.50. The van der Waals surface area contributed by atoms with Crippen molar-refractivity contribution in [1.29, 1.82) is 0 Å². The molecule has 2 aromatic carbocycles. The van der Waals surface area contributed by atoms with Crippen molar-refractivity contribution in [2.45, 2.75) is 44.1 Å². The highest BCUT2D eigenvalue weighted by Crippen LogP contribution is 2.50. The Kier molecular flexibility index (Phi) is 7.59. The van der Waals surface area contributed by atoms with Gasteiger partial charge in [0, 0.05) is 28.3 Å². The summed E-state index contributed by atoms with van der Waals surface area (Å²) in [5, 5.41) is 14.8. The molecule has 0 saturated heterocycles. The number of nitrogens with two attached hydrogens (primary N) is 1. The number of primary amides is 1. The number of hydrogen-bond donors (Lipinski definition) is 3. The predicted octanol–water partition coefficient (Wildman–Crippen LogP) is 5.46. The topological polar surface area (TPSA) is 137 Å². The molecule has 2 aromatic heterocycles. The molecular weight excluding hydrogens is 632 g/mol. The average Bonchev–Trinajstić information content (AvgIpc) is 3.79. The van der Waals surface area contributed by atoms with Crippen LogP contribution < -0.4 is 20.5 Å². The molecular formula is C32H27ClF4N4O5. The fourth-order valence-electron chi connectivity index (χ4n) is 5.63. The van der Waals surface area contributed by atoms with Crippen LogP contribution in [0.25, 0.3) is 22.2 Å². The Morgan fingerprint density at radius 1 is 1.20 bits per heavy atom. The molecule has 6 rings (SSSR count). The first-order chi connectivity index (χ1) is 21.6. The Morgan fingerprint density at radius 2 is 1.93 bits per heavy atom. The van der Waals surface area contributed by atoms with Crippen molar-refractivity contribution >= 4 is 34.3 Å². The Morgan fingerprint density at radius 3 is 2.59 bits per heavy atom. The first kappa shape index (κ1) is 31.5. The Balaban J connectivity index is 1.40. The van der Waals surface area contributed by atoms with Crippen molar-refractivity contribution in [1.82, 2.24) is 15.3 Å². The van der Waals surface area contributed by atoms with Crippen LogP contribution in [-0.4, -0.2) is 46.4 Å². The van der Waals surface area contributed by atoms with Crippen LogP contribution in [-0.2, 0) is 15.8 Å². The van der Waals surface area contributed by atoms with E-state index in [2.05, 4.69) is 20.0 Å². The summed E-state index contributed by atoms with van der Waals surface area (Å²) in [6, 6.07) is 9.29. The number of halogens is 5.